The number of rotatable bonds is 7. The van der Waals surface area contributed by atoms with Crippen molar-refractivity contribution in [3.05, 3.63) is 74.8 Å². The minimum Gasteiger partial charge on any atom is -0.494 e. The molecule has 0 aliphatic heterocycles. The summed E-state index contributed by atoms with van der Waals surface area (Å²) in [5, 5.41) is 4.07. The maximum atomic E-state index is 13.2. The van der Waals surface area contributed by atoms with Gasteiger partial charge in [0.05, 0.1) is 6.61 Å². The third kappa shape index (κ3) is 4.91. The smallest absolute Gasteiger partial charge is 0.266 e. The number of nitrogens with one attached hydrogen (secondary N) is 1. The molecule has 0 aliphatic rings. The summed E-state index contributed by atoms with van der Waals surface area (Å²) in [6.45, 7) is 4.44. The fourth-order valence-electron chi connectivity index (χ4n) is 3.11. The third-order valence-corrected chi connectivity index (χ3v) is 6.25. The second-order valence-corrected chi connectivity index (χ2v) is 8.51. The minimum atomic E-state index is -0.330. The van der Waals surface area contributed by atoms with Gasteiger partial charge < -0.3 is 4.74 Å². The quantitative estimate of drug-likeness (QED) is 0.310. The number of aromatic nitrogens is 4. The molecule has 2 aromatic carbocycles. The minimum absolute atomic E-state index is 0.260. The molecule has 9 heteroatoms. The number of hydrogen-bond donors (Lipinski definition) is 1. The number of fused-ring (bicyclic) bond motifs is 1. The summed E-state index contributed by atoms with van der Waals surface area (Å²) in [7, 11) is 0. The van der Waals surface area contributed by atoms with E-state index >= 15 is 0 Å². The molecule has 160 valence electrons. The molecule has 0 saturated carbocycles. The van der Waals surface area contributed by atoms with Gasteiger partial charge in [0, 0.05) is 22.4 Å². The van der Waals surface area contributed by atoms with E-state index in [4.69, 9.17) is 16.3 Å². The van der Waals surface area contributed by atoms with Crippen LogP contribution in [-0.4, -0.2) is 31.9 Å². The summed E-state index contributed by atoms with van der Waals surface area (Å²) in [4.78, 5) is 20.8. The van der Waals surface area contributed by atoms with Crippen molar-refractivity contribution in [3.63, 3.8) is 0 Å². The van der Waals surface area contributed by atoms with Crippen molar-refractivity contribution in [2.24, 2.45) is 0 Å². The Labute approximate surface area is 187 Å². The first kappa shape index (κ1) is 21.4. The van der Waals surface area contributed by atoms with Gasteiger partial charge in [0.1, 0.15) is 11.6 Å². The number of aryl methyl sites for hydroxylation is 2. The molecule has 0 spiro atoms. The van der Waals surface area contributed by atoms with Gasteiger partial charge in [-0.05, 0) is 67.8 Å². The van der Waals surface area contributed by atoms with Crippen molar-refractivity contribution in [2.45, 2.75) is 25.4 Å². The summed E-state index contributed by atoms with van der Waals surface area (Å²) in [6, 6.07) is 11.2. The Morgan fingerprint density at radius 2 is 1.84 bits per heavy atom. The zero-order valence-corrected chi connectivity index (χ0v) is 18.6. The summed E-state index contributed by atoms with van der Waals surface area (Å²) < 4.78 is 20.7. The van der Waals surface area contributed by atoms with E-state index < -0.39 is 0 Å². The van der Waals surface area contributed by atoms with Gasteiger partial charge in [0.25, 0.3) is 5.56 Å². The lowest BCUT2D eigenvalue weighted by Crippen LogP contribution is -2.05. The zero-order valence-electron chi connectivity index (χ0n) is 17.0. The molecule has 2 aromatic heterocycles. The fraction of sp³-hybridized carbons (Fsp3) is 0.227. The lowest BCUT2D eigenvalue weighted by atomic mass is 10.1. The molecule has 0 aliphatic carbocycles. The van der Waals surface area contributed by atoms with Gasteiger partial charge in [0.2, 0.25) is 0 Å². The highest BCUT2D eigenvalue weighted by Crippen LogP contribution is 2.26. The summed E-state index contributed by atoms with van der Waals surface area (Å²) in [6.07, 6.45) is 0.772. The molecule has 1 N–H and O–H groups in total. The van der Waals surface area contributed by atoms with Crippen LogP contribution in [0.2, 0.25) is 5.02 Å². The van der Waals surface area contributed by atoms with Crippen molar-refractivity contribution in [3.8, 4) is 17.1 Å². The fourth-order valence-corrected chi connectivity index (χ4v) is 4.08. The van der Waals surface area contributed by atoms with Gasteiger partial charge in [0.15, 0.2) is 16.6 Å². The second kappa shape index (κ2) is 9.11. The van der Waals surface area contributed by atoms with Crippen LogP contribution in [0.15, 0.2) is 52.4 Å². The van der Waals surface area contributed by atoms with E-state index in [0.29, 0.717) is 28.8 Å². The van der Waals surface area contributed by atoms with E-state index in [-0.39, 0.29) is 11.4 Å². The Balaban J connectivity index is 1.45. The number of H-pyrrole nitrogens is 1. The Morgan fingerprint density at radius 3 is 2.55 bits per heavy atom. The molecule has 4 aromatic rings. The highest BCUT2D eigenvalue weighted by Gasteiger charge is 2.12. The standard InChI is InChI=1S/C22H20ClFN4O2S/c1-13-10-17(11-14(2)20(13)23)30-8-3-9-31-22-26-21(15-4-6-16(24)7-5-15)25-18-12-19(29)27-28(18)22/h4-7,10-12H,3,8-9H2,1-2H3,(H,27,29). The number of thioether (sulfide) groups is 1. The Hall–Kier alpha value is -2.84. The van der Waals surface area contributed by atoms with Crippen molar-refractivity contribution < 1.29 is 9.13 Å². The lowest BCUT2D eigenvalue weighted by Gasteiger charge is -2.10. The topological polar surface area (TPSA) is 72.3 Å². The molecule has 31 heavy (non-hydrogen) atoms. The number of hydrogen-bond acceptors (Lipinski definition) is 5. The molecule has 0 radical (unpaired) electrons. The second-order valence-electron chi connectivity index (χ2n) is 7.07. The van der Waals surface area contributed by atoms with Crippen LogP contribution >= 0.6 is 23.4 Å². The van der Waals surface area contributed by atoms with Crippen LogP contribution in [0, 0.1) is 19.7 Å². The van der Waals surface area contributed by atoms with Crippen molar-refractivity contribution in [1.82, 2.24) is 19.6 Å². The largest absolute Gasteiger partial charge is 0.494 e. The lowest BCUT2D eigenvalue weighted by molar-refractivity contribution is 0.318. The predicted octanol–water partition coefficient (Wildman–Crippen LogP) is 5.06. The van der Waals surface area contributed by atoms with E-state index in [2.05, 4.69) is 15.1 Å². The first-order valence-electron chi connectivity index (χ1n) is 9.69. The number of nitrogens with zero attached hydrogens (tertiary/aromatic N) is 3. The number of aromatic amines is 1. The molecule has 0 amide bonds. The SMILES string of the molecule is Cc1cc(OCCCSc2nc(-c3ccc(F)cc3)nc3cc(=O)[nH]n23)cc(C)c1Cl. The van der Waals surface area contributed by atoms with Gasteiger partial charge in [-0.2, -0.15) is 0 Å². The van der Waals surface area contributed by atoms with E-state index in [0.717, 1.165) is 34.1 Å². The Bertz CT molecular complexity index is 1260. The monoisotopic (exact) mass is 458 g/mol. The molecule has 0 saturated heterocycles. The number of benzene rings is 2. The van der Waals surface area contributed by atoms with Crippen molar-refractivity contribution >= 4 is 29.0 Å². The Kier molecular flexibility index (Phi) is 6.29. The van der Waals surface area contributed by atoms with E-state index in [1.165, 1.54) is 30.0 Å². The molecule has 4 rings (SSSR count). The highest BCUT2D eigenvalue weighted by molar-refractivity contribution is 7.99. The molecule has 0 bridgehead atoms. The molecular weight excluding hydrogens is 439 g/mol. The van der Waals surface area contributed by atoms with Gasteiger partial charge in [-0.3, -0.25) is 9.89 Å². The van der Waals surface area contributed by atoms with Crippen LogP contribution < -0.4 is 10.3 Å². The summed E-state index contributed by atoms with van der Waals surface area (Å²) in [5.74, 6) is 1.62. The molecular formula is C22H20ClFN4O2S. The van der Waals surface area contributed by atoms with Crippen LogP contribution in [0.25, 0.3) is 17.0 Å². The Morgan fingerprint density at radius 1 is 1.13 bits per heavy atom. The van der Waals surface area contributed by atoms with Crippen molar-refractivity contribution in [1.29, 1.82) is 0 Å². The van der Waals surface area contributed by atoms with E-state index in [1.54, 1.807) is 16.6 Å². The zero-order chi connectivity index (χ0) is 22.0. The molecule has 2 heterocycles. The van der Waals surface area contributed by atoms with Gasteiger partial charge in [-0.25, -0.2) is 18.9 Å². The average Bonchev–Trinajstić information content (AvgIpc) is 3.12. The van der Waals surface area contributed by atoms with Crippen LogP contribution in [0.1, 0.15) is 17.5 Å². The third-order valence-electron chi connectivity index (χ3n) is 4.63. The van der Waals surface area contributed by atoms with E-state index in [9.17, 15) is 9.18 Å². The maximum absolute atomic E-state index is 13.2. The number of ether oxygens (including phenoxy) is 1. The summed E-state index contributed by atoms with van der Waals surface area (Å²) in [5.41, 5.74) is 2.85. The van der Waals surface area contributed by atoms with E-state index in [1.807, 2.05) is 26.0 Å². The predicted molar refractivity (Wildman–Crippen MR) is 121 cm³/mol. The van der Waals surface area contributed by atoms with Gasteiger partial charge in [-0.15, -0.1) is 0 Å². The maximum Gasteiger partial charge on any atom is 0.266 e. The van der Waals surface area contributed by atoms with Gasteiger partial charge in [-0.1, -0.05) is 23.4 Å². The van der Waals surface area contributed by atoms with Gasteiger partial charge >= 0.3 is 0 Å². The molecule has 0 atom stereocenters. The number of halogens is 2. The first-order chi connectivity index (χ1) is 14.9. The van der Waals surface area contributed by atoms with Crippen LogP contribution in [-0.2, 0) is 0 Å². The van der Waals surface area contributed by atoms with Crippen LogP contribution in [0.5, 0.6) is 5.75 Å². The van der Waals surface area contributed by atoms with Crippen LogP contribution in [0.4, 0.5) is 4.39 Å². The van der Waals surface area contributed by atoms with Crippen LogP contribution in [0.3, 0.4) is 0 Å². The molecule has 0 fully saturated rings. The normalized spacial score (nSPS) is 11.2. The summed E-state index contributed by atoms with van der Waals surface area (Å²) >= 11 is 7.68. The molecule has 6 nitrogen and oxygen atoms in total. The van der Waals surface area contributed by atoms with Crippen molar-refractivity contribution in [2.75, 3.05) is 12.4 Å². The highest BCUT2D eigenvalue weighted by atomic mass is 35.5. The molecule has 0 unspecified atom stereocenters. The first-order valence-corrected chi connectivity index (χ1v) is 11.0. The average molecular weight is 459 g/mol.